The molecule has 0 N–H and O–H groups in total. The first-order chi connectivity index (χ1) is 13.7. The lowest BCUT2D eigenvalue weighted by atomic mass is 9.99. The van der Waals surface area contributed by atoms with Crippen molar-refractivity contribution in [2.75, 3.05) is 18.8 Å². The van der Waals surface area contributed by atoms with E-state index in [4.69, 9.17) is 0 Å². The smallest absolute Gasteiger partial charge is 0.232 e. The molecule has 0 saturated carbocycles. The zero-order valence-corrected chi connectivity index (χ0v) is 16.7. The Morgan fingerprint density at radius 1 is 1.11 bits per heavy atom. The zero-order valence-electron chi connectivity index (χ0n) is 15.9. The standard InChI is InChI=1S/C21H23N5OS/c1-16-9-13-25(14-10-16)21(27)15-28-20-8-7-19(23-24-20)17-3-5-18(6-4-17)26-12-2-11-22-26/h2-8,11-12,16H,9-10,13-15H2,1H3. The van der Waals surface area contributed by atoms with Gasteiger partial charge in [0.25, 0.3) is 0 Å². The first kappa shape index (κ1) is 18.7. The fourth-order valence-corrected chi connectivity index (χ4v) is 3.96. The van der Waals surface area contributed by atoms with Crippen molar-refractivity contribution in [2.24, 2.45) is 5.92 Å². The predicted octanol–water partition coefficient (Wildman–Crippen LogP) is 3.68. The van der Waals surface area contributed by atoms with Gasteiger partial charge >= 0.3 is 0 Å². The van der Waals surface area contributed by atoms with Crippen LogP contribution in [0.3, 0.4) is 0 Å². The average molecular weight is 394 g/mol. The van der Waals surface area contributed by atoms with Crippen molar-refractivity contribution < 1.29 is 4.79 Å². The Hall–Kier alpha value is -2.67. The van der Waals surface area contributed by atoms with E-state index in [0.29, 0.717) is 5.75 Å². The molecule has 0 spiro atoms. The molecule has 3 heterocycles. The third kappa shape index (κ3) is 4.42. The molecule has 0 radical (unpaired) electrons. The molecule has 1 aliphatic heterocycles. The van der Waals surface area contributed by atoms with Crippen molar-refractivity contribution in [1.29, 1.82) is 0 Å². The van der Waals surface area contributed by atoms with Crippen LogP contribution in [0.5, 0.6) is 0 Å². The number of amides is 1. The van der Waals surface area contributed by atoms with Crippen LogP contribution in [-0.4, -0.2) is 49.6 Å². The van der Waals surface area contributed by atoms with E-state index in [1.165, 1.54) is 11.8 Å². The van der Waals surface area contributed by atoms with Crippen molar-refractivity contribution in [3.05, 3.63) is 54.9 Å². The van der Waals surface area contributed by atoms with Crippen LogP contribution in [0.4, 0.5) is 0 Å². The lowest BCUT2D eigenvalue weighted by Gasteiger charge is -2.30. The summed E-state index contributed by atoms with van der Waals surface area (Å²) in [6.07, 6.45) is 5.87. The number of rotatable bonds is 5. The van der Waals surface area contributed by atoms with Gasteiger partial charge in [-0.3, -0.25) is 4.79 Å². The van der Waals surface area contributed by atoms with Gasteiger partial charge in [0.15, 0.2) is 0 Å². The number of benzene rings is 1. The van der Waals surface area contributed by atoms with Crippen molar-refractivity contribution >= 4 is 17.7 Å². The Bertz CT molecular complexity index is 901. The minimum Gasteiger partial charge on any atom is -0.342 e. The maximum atomic E-state index is 12.3. The number of piperidine rings is 1. The normalized spacial score (nSPS) is 15.0. The van der Waals surface area contributed by atoms with Crippen molar-refractivity contribution in [2.45, 2.75) is 24.8 Å². The molecule has 1 amide bonds. The summed E-state index contributed by atoms with van der Waals surface area (Å²) in [7, 11) is 0. The van der Waals surface area contributed by atoms with E-state index in [1.807, 2.05) is 58.2 Å². The number of carbonyl (C=O) groups excluding carboxylic acids is 1. The molecule has 1 aliphatic rings. The van der Waals surface area contributed by atoms with Crippen LogP contribution in [-0.2, 0) is 4.79 Å². The molecule has 3 aromatic rings. The summed E-state index contributed by atoms with van der Waals surface area (Å²) in [4.78, 5) is 14.3. The third-order valence-electron chi connectivity index (χ3n) is 5.05. The highest BCUT2D eigenvalue weighted by atomic mass is 32.2. The third-order valence-corrected chi connectivity index (χ3v) is 5.96. The monoisotopic (exact) mass is 393 g/mol. The zero-order chi connectivity index (χ0) is 19.3. The summed E-state index contributed by atoms with van der Waals surface area (Å²) in [5, 5.41) is 13.6. The van der Waals surface area contributed by atoms with Gasteiger partial charge in [-0.15, -0.1) is 10.2 Å². The van der Waals surface area contributed by atoms with Crippen molar-refractivity contribution in [3.8, 4) is 16.9 Å². The van der Waals surface area contributed by atoms with Crippen LogP contribution in [0.2, 0.25) is 0 Å². The first-order valence-electron chi connectivity index (χ1n) is 9.54. The van der Waals surface area contributed by atoms with Crippen molar-refractivity contribution in [1.82, 2.24) is 24.9 Å². The Morgan fingerprint density at radius 2 is 1.89 bits per heavy atom. The Morgan fingerprint density at radius 3 is 2.54 bits per heavy atom. The minimum absolute atomic E-state index is 0.192. The molecule has 28 heavy (non-hydrogen) atoms. The summed E-state index contributed by atoms with van der Waals surface area (Å²) in [6, 6.07) is 13.8. The van der Waals surface area contributed by atoms with Gasteiger partial charge in [0.2, 0.25) is 5.91 Å². The van der Waals surface area contributed by atoms with Gasteiger partial charge in [-0.1, -0.05) is 30.8 Å². The molecule has 1 saturated heterocycles. The van der Waals surface area contributed by atoms with Gasteiger partial charge in [0.05, 0.1) is 17.1 Å². The highest BCUT2D eigenvalue weighted by molar-refractivity contribution is 7.99. The molecular weight excluding hydrogens is 370 g/mol. The number of hydrogen-bond acceptors (Lipinski definition) is 5. The van der Waals surface area contributed by atoms with E-state index >= 15 is 0 Å². The lowest BCUT2D eigenvalue weighted by Crippen LogP contribution is -2.38. The predicted molar refractivity (Wildman–Crippen MR) is 110 cm³/mol. The van der Waals surface area contributed by atoms with Gasteiger partial charge in [0.1, 0.15) is 5.03 Å². The summed E-state index contributed by atoms with van der Waals surface area (Å²) >= 11 is 1.45. The molecule has 0 atom stereocenters. The molecular formula is C21H23N5OS. The largest absolute Gasteiger partial charge is 0.342 e. The van der Waals surface area contributed by atoms with Gasteiger partial charge in [0, 0.05) is 31.0 Å². The van der Waals surface area contributed by atoms with Gasteiger partial charge in [-0.2, -0.15) is 5.10 Å². The molecule has 1 fully saturated rings. The van der Waals surface area contributed by atoms with E-state index in [1.54, 1.807) is 6.20 Å². The molecule has 7 heteroatoms. The summed E-state index contributed by atoms with van der Waals surface area (Å²) in [5.74, 6) is 1.33. The fourth-order valence-electron chi connectivity index (χ4n) is 3.24. The summed E-state index contributed by atoms with van der Waals surface area (Å²) in [6.45, 7) is 4.00. The summed E-state index contributed by atoms with van der Waals surface area (Å²) < 4.78 is 1.81. The maximum absolute atomic E-state index is 12.3. The molecule has 6 nitrogen and oxygen atoms in total. The van der Waals surface area contributed by atoms with Gasteiger partial charge in [-0.05, 0) is 49.1 Å². The fraction of sp³-hybridized carbons (Fsp3) is 0.333. The van der Waals surface area contributed by atoms with Crippen LogP contribution in [0.1, 0.15) is 19.8 Å². The summed E-state index contributed by atoms with van der Waals surface area (Å²) in [5.41, 5.74) is 2.81. The van der Waals surface area contributed by atoms with E-state index in [9.17, 15) is 4.79 Å². The molecule has 1 aromatic carbocycles. The van der Waals surface area contributed by atoms with Gasteiger partial charge in [-0.25, -0.2) is 4.68 Å². The first-order valence-corrected chi connectivity index (χ1v) is 10.5. The second-order valence-corrected chi connectivity index (χ2v) is 8.10. The second-order valence-electron chi connectivity index (χ2n) is 7.11. The molecule has 0 unspecified atom stereocenters. The number of thioether (sulfide) groups is 1. The lowest BCUT2D eigenvalue weighted by molar-refractivity contribution is -0.129. The topological polar surface area (TPSA) is 63.9 Å². The van der Waals surface area contributed by atoms with Crippen LogP contribution in [0, 0.1) is 5.92 Å². The number of likely N-dealkylation sites (tertiary alicyclic amines) is 1. The molecule has 4 rings (SSSR count). The average Bonchev–Trinajstić information content (AvgIpc) is 3.28. The van der Waals surface area contributed by atoms with E-state index in [-0.39, 0.29) is 5.91 Å². The quantitative estimate of drug-likeness (QED) is 0.619. The van der Waals surface area contributed by atoms with Crippen LogP contribution in [0.15, 0.2) is 59.9 Å². The Balaban J connectivity index is 1.34. The SMILES string of the molecule is CC1CCN(C(=O)CSc2ccc(-c3ccc(-n4cccn4)cc3)nn2)CC1. The number of carbonyl (C=O) groups is 1. The molecule has 2 aromatic heterocycles. The number of aromatic nitrogens is 4. The number of nitrogens with zero attached hydrogens (tertiary/aromatic N) is 5. The highest BCUT2D eigenvalue weighted by Crippen LogP contribution is 2.22. The Labute approximate surface area is 169 Å². The maximum Gasteiger partial charge on any atom is 0.232 e. The molecule has 144 valence electrons. The van der Waals surface area contributed by atoms with E-state index in [0.717, 1.165) is 53.8 Å². The number of hydrogen-bond donors (Lipinski definition) is 0. The Kier molecular flexibility index (Phi) is 5.71. The minimum atomic E-state index is 0.192. The second kappa shape index (κ2) is 8.56. The highest BCUT2D eigenvalue weighted by Gasteiger charge is 2.20. The van der Waals surface area contributed by atoms with Crippen LogP contribution >= 0.6 is 11.8 Å². The van der Waals surface area contributed by atoms with Gasteiger partial charge < -0.3 is 4.90 Å². The van der Waals surface area contributed by atoms with Crippen molar-refractivity contribution in [3.63, 3.8) is 0 Å². The van der Waals surface area contributed by atoms with E-state index in [2.05, 4.69) is 22.2 Å². The molecule has 0 aliphatic carbocycles. The van der Waals surface area contributed by atoms with Crippen LogP contribution in [0.25, 0.3) is 16.9 Å². The van der Waals surface area contributed by atoms with Crippen LogP contribution < -0.4 is 0 Å². The van der Waals surface area contributed by atoms with E-state index < -0.39 is 0 Å². The molecule has 0 bridgehead atoms.